The molecule has 0 bridgehead atoms. The molecule has 0 amide bonds. The normalized spacial score (nSPS) is 34.7. The first-order chi connectivity index (χ1) is 6.72. The van der Waals surface area contributed by atoms with Crippen LogP contribution < -0.4 is 0 Å². The molecular weight excluding hydrogens is 297 g/mol. The van der Waals surface area contributed by atoms with E-state index in [1.807, 2.05) is 23.0 Å². The van der Waals surface area contributed by atoms with Crippen molar-refractivity contribution in [2.75, 3.05) is 41.0 Å². The molecule has 0 aromatic carbocycles. The third-order valence-electron chi connectivity index (χ3n) is 2.64. The van der Waals surface area contributed by atoms with Gasteiger partial charge in [0.05, 0.1) is 12.7 Å². The number of hydrogen-bond donors (Lipinski definition) is 0. The van der Waals surface area contributed by atoms with E-state index in [4.69, 9.17) is 12.5 Å². The van der Waals surface area contributed by atoms with Crippen LogP contribution in [0.25, 0.3) is 0 Å². The van der Waals surface area contributed by atoms with Crippen LogP contribution in [0.15, 0.2) is 0 Å². The second-order valence-corrected chi connectivity index (χ2v) is 4.27. The Kier molecular flexibility index (Phi) is 5.61. The third kappa shape index (κ3) is 3.03. The summed E-state index contributed by atoms with van der Waals surface area (Å²) in [7, 11) is 5.56. The molecule has 4 nitrogen and oxygen atoms in total. The van der Waals surface area contributed by atoms with Gasteiger partial charge in [-0.1, -0.05) is 0 Å². The Balaban J connectivity index is 2.60. The van der Waals surface area contributed by atoms with Crippen LogP contribution in [-0.4, -0.2) is 58.1 Å². The molecule has 0 spiro atoms. The van der Waals surface area contributed by atoms with E-state index in [1.165, 1.54) is 0 Å². The van der Waals surface area contributed by atoms with Gasteiger partial charge in [0.2, 0.25) is 0 Å². The summed E-state index contributed by atoms with van der Waals surface area (Å²) in [6.45, 7) is 2.64. The lowest BCUT2D eigenvalue weighted by Gasteiger charge is -2.40. The summed E-state index contributed by atoms with van der Waals surface area (Å²) in [6.07, 6.45) is 0.280. The van der Waals surface area contributed by atoms with Crippen molar-refractivity contribution in [2.24, 2.45) is 5.92 Å². The number of halogens is 1. The smallest absolute Gasteiger partial charge is 0.110 e. The van der Waals surface area contributed by atoms with Crippen molar-refractivity contribution in [2.45, 2.75) is 12.2 Å². The molecule has 0 saturated carbocycles. The molecule has 1 fully saturated rings. The Labute approximate surface area is 99.6 Å². The van der Waals surface area contributed by atoms with Gasteiger partial charge < -0.3 is 17.4 Å². The number of likely N-dealkylation sites (N-methyl/N-ethyl adjacent to an activating group) is 1. The maximum Gasteiger partial charge on any atom is 0.110 e. The summed E-state index contributed by atoms with van der Waals surface area (Å²) >= 11 is 1.95. The molecule has 0 radical (unpaired) electrons. The van der Waals surface area contributed by atoms with Crippen molar-refractivity contribution in [1.82, 2.24) is 4.90 Å². The van der Waals surface area contributed by atoms with Gasteiger partial charge in [0.25, 0.3) is 0 Å². The number of likely N-dealkylation sites (tertiary alicyclic amines) is 1. The second kappa shape index (κ2) is 6.22. The highest BCUT2D eigenvalue weighted by atomic mass is 127. The standard InChI is InChI=1S/C9H18INO3/c1-11-4-7(6-12-2)9(13-3)8(5-11)14-10/h7-9H,4-6H2,1-3H3. The van der Waals surface area contributed by atoms with Gasteiger partial charge in [0.1, 0.15) is 29.1 Å². The van der Waals surface area contributed by atoms with E-state index in [0.29, 0.717) is 5.92 Å². The Bertz CT molecular complexity index is 170. The molecule has 5 heteroatoms. The van der Waals surface area contributed by atoms with E-state index in [0.717, 1.165) is 19.7 Å². The molecule has 0 aromatic heterocycles. The van der Waals surface area contributed by atoms with Crippen LogP contribution in [0.3, 0.4) is 0 Å². The summed E-state index contributed by atoms with van der Waals surface area (Å²) < 4.78 is 16.1. The van der Waals surface area contributed by atoms with Gasteiger partial charge in [0, 0.05) is 33.2 Å². The number of nitrogens with zero attached hydrogens (tertiary/aromatic N) is 1. The lowest BCUT2D eigenvalue weighted by molar-refractivity contribution is -0.0822. The Morgan fingerprint density at radius 1 is 1.36 bits per heavy atom. The Hall–Kier alpha value is 0.570. The number of piperidine rings is 1. The molecule has 0 aliphatic carbocycles. The van der Waals surface area contributed by atoms with Gasteiger partial charge in [0.15, 0.2) is 0 Å². The minimum absolute atomic E-state index is 0.138. The summed E-state index contributed by atoms with van der Waals surface area (Å²) in [5, 5.41) is 0. The molecule has 1 heterocycles. The zero-order valence-corrected chi connectivity index (χ0v) is 11.1. The van der Waals surface area contributed by atoms with E-state index in [1.54, 1.807) is 14.2 Å². The van der Waals surface area contributed by atoms with Crippen LogP contribution in [0.2, 0.25) is 0 Å². The predicted octanol–water partition coefficient (Wildman–Crippen LogP) is 0.945. The fraction of sp³-hybridized carbons (Fsp3) is 1.00. The van der Waals surface area contributed by atoms with E-state index >= 15 is 0 Å². The number of rotatable bonds is 4. The van der Waals surface area contributed by atoms with Crippen molar-refractivity contribution in [3.8, 4) is 0 Å². The van der Waals surface area contributed by atoms with Gasteiger partial charge in [-0.3, -0.25) is 0 Å². The van der Waals surface area contributed by atoms with Gasteiger partial charge in [-0.25, -0.2) is 0 Å². The second-order valence-electron chi connectivity index (χ2n) is 3.76. The van der Waals surface area contributed by atoms with Gasteiger partial charge in [-0.2, -0.15) is 0 Å². The molecule has 3 atom stereocenters. The lowest BCUT2D eigenvalue weighted by Crippen LogP contribution is -2.53. The summed E-state index contributed by atoms with van der Waals surface area (Å²) in [5.41, 5.74) is 0. The van der Waals surface area contributed by atoms with E-state index in [-0.39, 0.29) is 12.2 Å². The van der Waals surface area contributed by atoms with Crippen molar-refractivity contribution < 1.29 is 12.5 Å². The average molecular weight is 315 g/mol. The molecule has 1 aliphatic rings. The minimum atomic E-state index is 0.138. The first kappa shape index (κ1) is 12.6. The molecule has 1 rings (SSSR count). The molecule has 14 heavy (non-hydrogen) atoms. The van der Waals surface area contributed by atoms with E-state index in [9.17, 15) is 0 Å². The maximum absolute atomic E-state index is 5.47. The van der Waals surface area contributed by atoms with Crippen molar-refractivity contribution in [3.63, 3.8) is 0 Å². The van der Waals surface area contributed by atoms with Crippen LogP contribution in [0.1, 0.15) is 0 Å². The van der Waals surface area contributed by atoms with Crippen LogP contribution in [0, 0.1) is 5.92 Å². The molecule has 84 valence electrons. The van der Waals surface area contributed by atoms with E-state index < -0.39 is 0 Å². The van der Waals surface area contributed by atoms with Crippen molar-refractivity contribution in [3.05, 3.63) is 0 Å². The SMILES string of the molecule is COCC1CN(C)CC(OI)C1OC. The highest BCUT2D eigenvalue weighted by Crippen LogP contribution is 2.23. The summed E-state index contributed by atoms with van der Waals surface area (Å²) in [5.74, 6) is 0.392. The fourth-order valence-electron chi connectivity index (χ4n) is 2.08. The Morgan fingerprint density at radius 3 is 2.57 bits per heavy atom. The largest absolute Gasteiger partial charge is 0.384 e. The lowest BCUT2D eigenvalue weighted by atomic mass is 9.93. The van der Waals surface area contributed by atoms with Crippen LogP contribution in [0.4, 0.5) is 0 Å². The van der Waals surface area contributed by atoms with Crippen LogP contribution in [0.5, 0.6) is 0 Å². The maximum atomic E-state index is 5.47. The number of ether oxygens (including phenoxy) is 2. The minimum Gasteiger partial charge on any atom is -0.384 e. The monoisotopic (exact) mass is 315 g/mol. The number of hydrogen-bond acceptors (Lipinski definition) is 4. The van der Waals surface area contributed by atoms with Crippen molar-refractivity contribution >= 4 is 23.0 Å². The molecular formula is C9H18INO3. The van der Waals surface area contributed by atoms with Gasteiger partial charge in [-0.05, 0) is 7.05 Å². The molecule has 0 aromatic rings. The highest BCUT2D eigenvalue weighted by Gasteiger charge is 2.36. The zero-order valence-electron chi connectivity index (χ0n) is 8.90. The summed E-state index contributed by atoms with van der Waals surface area (Å²) in [6, 6.07) is 0. The molecule has 0 N–H and O–H groups in total. The molecule has 1 aliphatic heterocycles. The van der Waals surface area contributed by atoms with E-state index in [2.05, 4.69) is 11.9 Å². The highest BCUT2D eigenvalue weighted by molar-refractivity contribution is 14.1. The summed E-state index contributed by atoms with van der Waals surface area (Å²) in [4.78, 5) is 2.25. The predicted molar refractivity (Wildman–Crippen MR) is 62.6 cm³/mol. The quantitative estimate of drug-likeness (QED) is 0.723. The van der Waals surface area contributed by atoms with Gasteiger partial charge in [-0.15, -0.1) is 0 Å². The topological polar surface area (TPSA) is 30.9 Å². The molecule has 1 saturated heterocycles. The van der Waals surface area contributed by atoms with Crippen molar-refractivity contribution in [1.29, 1.82) is 0 Å². The third-order valence-corrected chi connectivity index (χ3v) is 3.29. The zero-order chi connectivity index (χ0) is 10.6. The number of methoxy groups -OCH3 is 2. The van der Waals surface area contributed by atoms with Crippen LogP contribution in [-0.2, 0) is 12.5 Å². The Morgan fingerprint density at radius 2 is 2.07 bits per heavy atom. The first-order valence-corrected chi connectivity index (χ1v) is 5.58. The average Bonchev–Trinajstić information content (AvgIpc) is 2.17. The first-order valence-electron chi connectivity index (χ1n) is 4.70. The fourth-order valence-corrected chi connectivity index (χ4v) is 2.53. The van der Waals surface area contributed by atoms with Gasteiger partial charge >= 0.3 is 0 Å². The van der Waals surface area contributed by atoms with Crippen LogP contribution >= 0.6 is 23.0 Å². The molecule has 3 unspecified atom stereocenters.